The van der Waals surface area contributed by atoms with Crippen LogP contribution in [0.1, 0.15) is 42.7 Å². The van der Waals surface area contributed by atoms with Crippen molar-refractivity contribution in [1.82, 2.24) is 10.2 Å². The van der Waals surface area contributed by atoms with E-state index in [1.807, 2.05) is 0 Å². The van der Waals surface area contributed by atoms with E-state index in [0.717, 1.165) is 25.7 Å². The van der Waals surface area contributed by atoms with E-state index in [1.54, 1.807) is 23.1 Å². The molecule has 4 aliphatic rings. The Morgan fingerprint density at radius 2 is 2.03 bits per heavy atom. The summed E-state index contributed by atoms with van der Waals surface area (Å²) < 4.78 is 17.5. The first-order valence-corrected chi connectivity index (χ1v) is 12.7. The first-order valence-electron chi connectivity index (χ1n) is 12.7. The number of amides is 2. The van der Waals surface area contributed by atoms with Gasteiger partial charge in [0.1, 0.15) is 12.2 Å². The first kappa shape index (κ1) is 25.0. The summed E-state index contributed by atoms with van der Waals surface area (Å²) >= 11 is 0. The molecule has 4 N–H and O–H groups in total. The van der Waals surface area contributed by atoms with E-state index < -0.39 is 30.1 Å². The number of ether oxygens (including phenoxy) is 3. The van der Waals surface area contributed by atoms with Gasteiger partial charge in [0.15, 0.2) is 11.5 Å². The molecular weight excluding hydrogens is 468 g/mol. The van der Waals surface area contributed by atoms with Crippen LogP contribution in [0.5, 0.6) is 11.5 Å². The van der Waals surface area contributed by atoms with Crippen molar-refractivity contribution in [2.75, 3.05) is 33.4 Å². The average molecular weight is 503 g/mol. The maximum Gasteiger partial charge on any atom is 0.247 e. The van der Waals surface area contributed by atoms with Gasteiger partial charge in [0.2, 0.25) is 11.8 Å². The van der Waals surface area contributed by atoms with Gasteiger partial charge in [-0.1, -0.05) is 0 Å². The van der Waals surface area contributed by atoms with E-state index in [4.69, 9.17) is 14.2 Å². The Bertz CT molecular complexity index is 1030. The molecule has 36 heavy (non-hydrogen) atoms. The van der Waals surface area contributed by atoms with Gasteiger partial charge in [-0.15, -0.1) is 0 Å². The van der Waals surface area contributed by atoms with Crippen molar-refractivity contribution in [2.45, 2.75) is 62.6 Å². The third-order valence-corrected chi connectivity index (χ3v) is 7.49. The van der Waals surface area contributed by atoms with Crippen LogP contribution >= 0.6 is 0 Å². The standard InChI is InChI=1S/C26H34N2O8/c1-34-20-10-14(13-30)9-17-21-18(25(32)27-6-7-29)11-19(22(31)24(21)36-23(17)20)28(26(33)15-4-5-15)12-16-3-2-8-35-16/h9-11,15-16,19,21-22,24,29-31H,2-8,12-13H2,1H3,(H,27,32). The first-order chi connectivity index (χ1) is 17.5. The van der Waals surface area contributed by atoms with Gasteiger partial charge in [-0.05, 0) is 49.5 Å². The zero-order chi connectivity index (χ0) is 25.4. The van der Waals surface area contributed by atoms with Crippen molar-refractivity contribution in [3.8, 4) is 11.5 Å². The van der Waals surface area contributed by atoms with Crippen molar-refractivity contribution < 1.29 is 39.1 Å². The number of aliphatic hydroxyl groups excluding tert-OH is 3. The maximum absolute atomic E-state index is 13.4. The topological polar surface area (TPSA) is 138 Å². The van der Waals surface area contributed by atoms with Gasteiger partial charge in [-0.2, -0.15) is 0 Å². The van der Waals surface area contributed by atoms with Crippen LogP contribution in [0.15, 0.2) is 23.8 Å². The van der Waals surface area contributed by atoms with Crippen molar-refractivity contribution in [3.63, 3.8) is 0 Å². The Balaban J connectivity index is 1.56. The Morgan fingerprint density at radius 1 is 1.22 bits per heavy atom. The number of carbonyl (C=O) groups is 2. The highest BCUT2D eigenvalue weighted by Crippen LogP contribution is 2.51. The number of nitrogens with zero attached hydrogens (tertiary/aromatic N) is 1. The Hall–Kier alpha value is -2.66. The van der Waals surface area contributed by atoms with Crippen LogP contribution in [-0.4, -0.2) is 89.8 Å². The second-order valence-corrected chi connectivity index (χ2v) is 9.92. The zero-order valence-electron chi connectivity index (χ0n) is 20.4. The number of hydrogen-bond donors (Lipinski definition) is 4. The van der Waals surface area contributed by atoms with Crippen LogP contribution in [0.25, 0.3) is 0 Å². The molecule has 2 fully saturated rings. The van der Waals surface area contributed by atoms with E-state index in [9.17, 15) is 24.9 Å². The summed E-state index contributed by atoms with van der Waals surface area (Å²) in [6.07, 6.45) is 2.98. The summed E-state index contributed by atoms with van der Waals surface area (Å²) in [4.78, 5) is 28.4. The maximum atomic E-state index is 13.4. The molecule has 2 aliphatic heterocycles. The Kier molecular flexibility index (Phi) is 7.21. The largest absolute Gasteiger partial charge is 0.493 e. The number of fused-ring (bicyclic) bond motifs is 3. The summed E-state index contributed by atoms with van der Waals surface area (Å²) in [5.74, 6) is -0.359. The smallest absolute Gasteiger partial charge is 0.247 e. The summed E-state index contributed by atoms with van der Waals surface area (Å²) in [5.41, 5.74) is 1.57. The van der Waals surface area contributed by atoms with Crippen LogP contribution in [-0.2, 0) is 20.9 Å². The lowest BCUT2D eigenvalue weighted by Crippen LogP contribution is -2.57. The van der Waals surface area contributed by atoms with Crippen molar-refractivity contribution in [1.29, 1.82) is 0 Å². The highest BCUT2D eigenvalue weighted by molar-refractivity contribution is 5.96. The quantitative estimate of drug-likeness (QED) is 0.377. The predicted molar refractivity (Wildman–Crippen MR) is 127 cm³/mol. The average Bonchev–Trinajstić information content (AvgIpc) is 3.48. The highest BCUT2D eigenvalue weighted by Gasteiger charge is 2.52. The second-order valence-electron chi connectivity index (χ2n) is 9.92. The minimum atomic E-state index is -1.11. The minimum Gasteiger partial charge on any atom is -0.493 e. The van der Waals surface area contributed by atoms with Gasteiger partial charge in [0.05, 0.1) is 38.4 Å². The molecule has 5 unspecified atom stereocenters. The summed E-state index contributed by atoms with van der Waals surface area (Å²) in [7, 11) is 1.49. The van der Waals surface area contributed by atoms with Crippen LogP contribution in [0.4, 0.5) is 0 Å². The lowest BCUT2D eigenvalue weighted by Gasteiger charge is -2.41. The van der Waals surface area contributed by atoms with E-state index in [1.165, 1.54) is 7.11 Å². The number of rotatable bonds is 9. The van der Waals surface area contributed by atoms with Gasteiger partial charge in [0, 0.05) is 36.8 Å². The monoisotopic (exact) mass is 502 g/mol. The van der Waals surface area contributed by atoms with Crippen molar-refractivity contribution in [3.05, 3.63) is 34.9 Å². The summed E-state index contributed by atoms with van der Waals surface area (Å²) in [5, 5.41) is 33.4. The van der Waals surface area contributed by atoms with Crippen molar-refractivity contribution >= 4 is 11.8 Å². The fourth-order valence-electron chi connectivity index (χ4n) is 5.55. The van der Waals surface area contributed by atoms with Crippen LogP contribution in [0.3, 0.4) is 0 Å². The number of nitrogens with one attached hydrogen (secondary N) is 1. The van der Waals surface area contributed by atoms with Gasteiger partial charge >= 0.3 is 0 Å². The van der Waals surface area contributed by atoms with Crippen LogP contribution in [0.2, 0.25) is 0 Å². The molecule has 5 rings (SSSR count). The van der Waals surface area contributed by atoms with E-state index in [-0.39, 0.29) is 37.7 Å². The third-order valence-electron chi connectivity index (χ3n) is 7.49. The number of benzene rings is 1. The number of carbonyl (C=O) groups excluding carboxylic acids is 2. The SMILES string of the molecule is COc1cc(CO)cc2c1OC1C2C(C(=O)NCCO)=CC(N(CC2CCCO2)C(=O)C2CC2)C1O. The molecule has 0 bridgehead atoms. The van der Waals surface area contributed by atoms with E-state index in [2.05, 4.69) is 5.32 Å². The molecule has 1 saturated heterocycles. The minimum absolute atomic E-state index is 0.0463. The molecule has 0 aromatic heterocycles. The summed E-state index contributed by atoms with van der Waals surface area (Å²) in [6, 6.07) is 2.63. The van der Waals surface area contributed by atoms with Crippen LogP contribution < -0.4 is 14.8 Å². The van der Waals surface area contributed by atoms with Gasteiger partial charge < -0.3 is 39.7 Å². The molecule has 1 aromatic carbocycles. The van der Waals surface area contributed by atoms with E-state index in [0.29, 0.717) is 41.4 Å². The molecular formula is C26H34N2O8. The molecule has 2 heterocycles. The predicted octanol–water partition coefficient (Wildman–Crippen LogP) is 0.228. The van der Waals surface area contributed by atoms with Gasteiger partial charge in [-0.25, -0.2) is 0 Å². The number of methoxy groups -OCH3 is 1. The zero-order valence-corrected chi connectivity index (χ0v) is 20.4. The van der Waals surface area contributed by atoms with Crippen LogP contribution in [0, 0.1) is 5.92 Å². The third kappa shape index (κ3) is 4.58. The second kappa shape index (κ2) is 10.4. The Labute approximate surface area is 209 Å². The molecule has 0 spiro atoms. The fraction of sp³-hybridized carbons (Fsp3) is 0.615. The molecule has 5 atom stereocenters. The lowest BCUT2D eigenvalue weighted by atomic mass is 9.77. The highest BCUT2D eigenvalue weighted by atomic mass is 16.5. The molecule has 1 aromatic rings. The molecule has 1 saturated carbocycles. The van der Waals surface area contributed by atoms with E-state index >= 15 is 0 Å². The summed E-state index contributed by atoms with van der Waals surface area (Å²) in [6.45, 7) is 0.591. The fourth-order valence-corrected chi connectivity index (χ4v) is 5.55. The molecule has 10 nitrogen and oxygen atoms in total. The van der Waals surface area contributed by atoms with Gasteiger partial charge in [-0.3, -0.25) is 9.59 Å². The van der Waals surface area contributed by atoms with Gasteiger partial charge in [0.25, 0.3) is 0 Å². The Morgan fingerprint density at radius 3 is 2.67 bits per heavy atom. The molecule has 2 amide bonds. The van der Waals surface area contributed by atoms with Crippen molar-refractivity contribution in [2.24, 2.45) is 5.92 Å². The number of hydrogen-bond acceptors (Lipinski definition) is 8. The molecule has 0 radical (unpaired) electrons. The molecule has 196 valence electrons. The number of aliphatic hydroxyl groups is 3. The normalized spacial score (nSPS) is 28.6. The lowest BCUT2D eigenvalue weighted by molar-refractivity contribution is -0.140. The molecule has 2 aliphatic carbocycles. The molecule has 10 heteroatoms.